The van der Waals surface area contributed by atoms with E-state index in [1.54, 1.807) is 26.8 Å². The van der Waals surface area contributed by atoms with Gasteiger partial charge in [-0.3, -0.25) is 0 Å². The molecule has 6 heteroatoms. The number of aryl methyl sites for hydroxylation is 2. The normalized spacial score (nSPS) is 11.4. The van der Waals surface area contributed by atoms with Crippen LogP contribution in [0.15, 0.2) is 6.07 Å². The maximum Gasteiger partial charge on any atom is 0.339 e. The van der Waals surface area contributed by atoms with Crippen LogP contribution >= 0.6 is 0 Å². The van der Waals surface area contributed by atoms with E-state index >= 15 is 0 Å². The lowest BCUT2D eigenvalue weighted by Crippen LogP contribution is -2.43. The first-order chi connectivity index (χ1) is 8.33. The number of anilines is 1. The number of hydrogen-bond acceptors (Lipinski definition) is 5. The Bertz CT molecular complexity index is 456. The number of aliphatic hydroxyl groups excluding tert-OH is 2. The summed E-state index contributed by atoms with van der Waals surface area (Å²) in [6.45, 7) is 4.34. The molecule has 0 radical (unpaired) electrons. The van der Waals surface area contributed by atoms with E-state index in [-0.39, 0.29) is 24.6 Å². The van der Waals surface area contributed by atoms with Gasteiger partial charge in [0.2, 0.25) is 0 Å². The maximum atomic E-state index is 11.2. The van der Waals surface area contributed by atoms with Gasteiger partial charge in [0.25, 0.3) is 0 Å². The molecule has 0 aliphatic rings. The van der Waals surface area contributed by atoms with E-state index in [9.17, 15) is 20.1 Å². The van der Waals surface area contributed by atoms with Crippen LogP contribution < -0.4 is 5.32 Å². The Morgan fingerprint density at radius 1 is 1.39 bits per heavy atom. The smallest absolute Gasteiger partial charge is 0.339 e. The average Bonchev–Trinajstić information content (AvgIpc) is 2.27. The lowest BCUT2D eigenvalue weighted by molar-refractivity contribution is 0.0696. The van der Waals surface area contributed by atoms with Gasteiger partial charge in [0.05, 0.1) is 18.8 Å². The summed E-state index contributed by atoms with van der Waals surface area (Å²) in [5, 5.41) is 30.4. The van der Waals surface area contributed by atoms with Crippen molar-refractivity contribution < 1.29 is 20.1 Å². The Labute approximate surface area is 105 Å². The number of carboxylic acids is 1. The van der Waals surface area contributed by atoms with Gasteiger partial charge in [-0.25, -0.2) is 9.78 Å². The summed E-state index contributed by atoms with van der Waals surface area (Å²) in [7, 11) is 0. The molecule has 0 aliphatic carbocycles. The van der Waals surface area contributed by atoms with Crippen LogP contribution in [0.3, 0.4) is 0 Å². The van der Waals surface area contributed by atoms with Gasteiger partial charge in [-0.05, 0) is 32.4 Å². The predicted molar refractivity (Wildman–Crippen MR) is 66.9 cm³/mol. The van der Waals surface area contributed by atoms with Crippen molar-refractivity contribution >= 4 is 11.8 Å². The molecule has 0 bridgehead atoms. The third-order valence-electron chi connectivity index (χ3n) is 2.68. The second kappa shape index (κ2) is 5.32. The monoisotopic (exact) mass is 254 g/mol. The summed E-state index contributed by atoms with van der Waals surface area (Å²) in [4.78, 5) is 15.3. The number of rotatable bonds is 5. The van der Waals surface area contributed by atoms with Gasteiger partial charge in [0.1, 0.15) is 11.4 Å². The van der Waals surface area contributed by atoms with Crippen molar-refractivity contribution in [3.63, 3.8) is 0 Å². The van der Waals surface area contributed by atoms with Gasteiger partial charge >= 0.3 is 5.97 Å². The molecule has 0 fully saturated rings. The fourth-order valence-electron chi connectivity index (χ4n) is 1.61. The van der Waals surface area contributed by atoms with Crippen molar-refractivity contribution in [2.75, 3.05) is 18.5 Å². The minimum absolute atomic E-state index is 0.0497. The molecular formula is C12H18N2O4. The van der Waals surface area contributed by atoms with Gasteiger partial charge in [-0.1, -0.05) is 0 Å². The molecule has 1 aromatic heterocycles. The Morgan fingerprint density at radius 2 is 1.94 bits per heavy atom. The largest absolute Gasteiger partial charge is 0.478 e. The summed E-state index contributed by atoms with van der Waals surface area (Å²) in [5.74, 6) is -0.939. The molecule has 0 spiro atoms. The molecule has 1 rings (SSSR count). The quantitative estimate of drug-likeness (QED) is 0.612. The van der Waals surface area contributed by atoms with E-state index in [2.05, 4.69) is 10.3 Å². The van der Waals surface area contributed by atoms with Crippen molar-refractivity contribution in [3.05, 3.63) is 22.9 Å². The van der Waals surface area contributed by atoms with E-state index < -0.39 is 11.5 Å². The molecule has 0 aliphatic heterocycles. The molecule has 1 aromatic rings. The fraction of sp³-hybridized carbons (Fsp3) is 0.500. The first-order valence-corrected chi connectivity index (χ1v) is 5.54. The first kappa shape index (κ1) is 14.4. The number of aromatic carboxylic acids is 1. The van der Waals surface area contributed by atoms with E-state index in [1.807, 2.05) is 0 Å². The van der Waals surface area contributed by atoms with Crippen LogP contribution in [0.1, 0.15) is 28.5 Å². The van der Waals surface area contributed by atoms with Crippen molar-refractivity contribution in [1.82, 2.24) is 4.98 Å². The highest BCUT2D eigenvalue weighted by Crippen LogP contribution is 2.22. The summed E-state index contributed by atoms with van der Waals surface area (Å²) in [5.41, 5.74) is 0.278. The van der Waals surface area contributed by atoms with Gasteiger partial charge in [0.15, 0.2) is 0 Å². The Kier molecular flexibility index (Phi) is 4.26. The lowest BCUT2D eigenvalue weighted by atomic mass is 10.0. The molecule has 0 amide bonds. The molecule has 100 valence electrons. The molecule has 0 saturated carbocycles. The minimum Gasteiger partial charge on any atom is -0.478 e. The number of nitrogens with one attached hydrogen (secondary N) is 1. The topological polar surface area (TPSA) is 103 Å². The van der Waals surface area contributed by atoms with E-state index in [4.69, 9.17) is 0 Å². The molecule has 0 aromatic carbocycles. The predicted octanol–water partition coefficient (Wildman–Crippen LogP) is 0.552. The molecular weight excluding hydrogens is 236 g/mol. The highest BCUT2D eigenvalue weighted by atomic mass is 16.4. The highest BCUT2D eigenvalue weighted by molar-refractivity contribution is 5.95. The number of aromatic nitrogens is 1. The number of hydrogen-bond donors (Lipinski definition) is 4. The molecule has 18 heavy (non-hydrogen) atoms. The van der Waals surface area contributed by atoms with Crippen molar-refractivity contribution in [2.45, 2.75) is 26.3 Å². The van der Waals surface area contributed by atoms with Crippen molar-refractivity contribution in [2.24, 2.45) is 0 Å². The van der Waals surface area contributed by atoms with Crippen LogP contribution in [0, 0.1) is 13.8 Å². The molecule has 0 unspecified atom stereocenters. The summed E-state index contributed by atoms with van der Waals surface area (Å²) in [6, 6.07) is 1.67. The molecule has 1 heterocycles. The minimum atomic E-state index is -1.10. The lowest BCUT2D eigenvalue weighted by Gasteiger charge is -2.28. The Hall–Kier alpha value is -1.66. The van der Waals surface area contributed by atoms with E-state index in [1.165, 1.54) is 0 Å². The second-order valence-corrected chi connectivity index (χ2v) is 4.61. The van der Waals surface area contributed by atoms with Gasteiger partial charge in [0, 0.05) is 5.69 Å². The highest BCUT2D eigenvalue weighted by Gasteiger charge is 2.26. The Balaban J connectivity index is 3.27. The zero-order valence-corrected chi connectivity index (χ0v) is 10.7. The number of nitrogens with zero attached hydrogens (tertiary/aromatic N) is 1. The molecule has 4 N–H and O–H groups in total. The first-order valence-electron chi connectivity index (χ1n) is 5.54. The van der Waals surface area contributed by atoms with Crippen molar-refractivity contribution in [1.29, 1.82) is 0 Å². The summed E-state index contributed by atoms with van der Waals surface area (Å²) >= 11 is 0. The molecule has 0 saturated heterocycles. The standard InChI is InChI=1S/C12H18N2O4/c1-7-4-8(2)13-10(9(7)11(17)18)14-12(3,5-15)6-16/h4,15-16H,5-6H2,1-3H3,(H,13,14)(H,17,18). The zero-order valence-electron chi connectivity index (χ0n) is 10.7. The third-order valence-corrected chi connectivity index (χ3v) is 2.68. The van der Waals surface area contributed by atoms with Crippen LogP contribution in [0.4, 0.5) is 5.82 Å². The SMILES string of the molecule is Cc1cc(C)c(C(=O)O)c(NC(C)(CO)CO)n1. The number of aliphatic hydroxyl groups is 2. The van der Waals surface area contributed by atoms with Crippen LogP contribution in [-0.2, 0) is 0 Å². The van der Waals surface area contributed by atoms with Gasteiger partial charge < -0.3 is 20.6 Å². The number of carbonyl (C=O) groups is 1. The zero-order chi connectivity index (χ0) is 13.9. The van der Waals surface area contributed by atoms with Crippen LogP contribution in [0.2, 0.25) is 0 Å². The van der Waals surface area contributed by atoms with E-state index in [0.29, 0.717) is 11.3 Å². The van der Waals surface area contributed by atoms with Gasteiger partial charge in [-0.15, -0.1) is 0 Å². The molecule has 0 atom stereocenters. The molecule has 6 nitrogen and oxygen atoms in total. The number of carboxylic acid groups (broad SMARTS) is 1. The summed E-state index contributed by atoms with van der Waals surface area (Å²) in [6.07, 6.45) is 0. The fourth-order valence-corrected chi connectivity index (χ4v) is 1.61. The number of pyridine rings is 1. The van der Waals surface area contributed by atoms with Gasteiger partial charge in [-0.2, -0.15) is 0 Å². The van der Waals surface area contributed by atoms with Crippen LogP contribution in [0.5, 0.6) is 0 Å². The Morgan fingerprint density at radius 3 is 2.39 bits per heavy atom. The summed E-state index contributed by atoms with van der Waals surface area (Å²) < 4.78 is 0. The van der Waals surface area contributed by atoms with E-state index in [0.717, 1.165) is 0 Å². The maximum absolute atomic E-state index is 11.2. The van der Waals surface area contributed by atoms with Crippen LogP contribution in [0.25, 0.3) is 0 Å². The van der Waals surface area contributed by atoms with Crippen LogP contribution in [-0.4, -0.2) is 45.0 Å². The second-order valence-electron chi connectivity index (χ2n) is 4.61. The third kappa shape index (κ3) is 2.96. The van der Waals surface area contributed by atoms with Crippen molar-refractivity contribution in [3.8, 4) is 0 Å². The average molecular weight is 254 g/mol.